The Balaban J connectivity index is 1.47. The normalized spacial score (nSPS) is 19.3. The van der Waals surface area contributed by atoms with Crippen molar-refractivity contribution in [2.45, 2.75) is 12.1 Å². The van der Waals surface area contributed by atoms with Crippen molar-refractivity contribution in [3.8, 4) is 17.0 Å². The molecule has 33 heavy (non-hydrogen) atoms. The maximum absolute atomic E-state index is 13.1. The SMILES string of the molecule is COc1ccc2c(c1)C(=O)N(C[C@@]1(c3ccc(-c4cnc(N)cn4)cc3)NC(=O)NC1=O)C2. The van der Waals surface area contributed by atoms with E-state index in [2.05, 4.69) is 20.6 Å². The number of imide groups is 1. The maximum atomic E-state index is 13.1. The minimum absolute atomic E-state index is 0.0264. The number of nitrogens with two attached hydrogens (primary N) is 1. The highest BCUT2D eigenvalue weighted by molar-refractivity contribution is 6.08. The third-order valence-corrected chi connectivity index (χ3v) is 5.91. The van der Waals surface area contributed by atoms with Crippen molar-refractivity contribution >= 4 is 23.7 Å². The van der Waals surface area contributed by atoms with Gasteiger partial charge in [-0.05, 0) is 23.3 Å². The molecule has 4 amide bonds. The van der Waals surface area contributed by atoms with E-state index in [9.17, 15) is 14.4 Å². The van der Waals surface area contributed by atoms with E-state index in [0.29, 0.717) is 34.9 Å². The fraction of sp³-hybridized carbons (Fsp3) is 0.174. The van der Waals surface area contributed by atoms with Crippen LogP contribution in [0.3, 0.4) is 0 Å². The lowest BCUT2D eigenvalue weighted by molar-refractivity contribution is -0.124. The van der Waals surface area contributed by atoms with Crippen molar-refractivity contribution in [3.63, 3.8) is 0 Å². The van der Waals surface area contributed by atoms with Gasteiger partial charge in [-0.2, -0.15) is 0 Å². The van der Waals surface area contributed by atoms with Crippen LogP contribution in [0.5, 0.6) is 5.75 Å². The Morgan fingerprint density at radius 2 is 1.88 bits per heavy atom. The van der Waals surface area contributed by atoms with Gasteiger partial charge in [-0.1, -0.05) is 30.3 Å². The van der Waals surface area contributed by atoms with Gasteiger partial charge in [0.05, 0.1) is 31.7 Å². The quantitative estimate of drug-likeness (QED) is 0.506. The Bertz CT molecular complexity index is 1280. The van der Waals surface area contributed by atoms with Crippen LogP contribution in [0.15, 0.2) is 54.9 Å². The first-order valence-electron chi connectivity index (χ1n) is 10.2. The number of ether oxygens (including phenoxy) is 1. The van der Waals surface area contributed by atoms with Crippen LogP contribution in [0.2, 0.25) is 0 Å². The summed E-state index contributed by atoms with van der Waals surface area (Å²) < 4.78 is 5.22. The molecular weight excluding hydrogens is 424 g/mol. The second-order valence-electron chi connectivity index (χ2n) is 7.90. The first kappa shape index (κ1) is 20.4. The summed E-state index contributed by atoms with van der Waals surface area (Å²) in [6.07, 6.45) is 3.01. The van der Waals surface area contributed by atoms with E-state index in [0.717, 1.165) is 11.1 Å². The zero-order valence-electron chi connectivity index (χ0n) is 17.7. The van der Waals surface area contributed by atoms with Crippen molar-refractivity contribution in [1.29, 1.82) is 0 Å². The van der Waals surface area contributed by atoms with E-state index >= 15 is 0 Å². The summed E-state index contributed by atoms with van der Waals surface area (Å²) in [5, 5.41) is 5.04. The number of aromatic nitrogens is 2. The van der Waals surface area contributed by atoms with Crippen molar-refractivity contribution in [1.82, 2.24) is 25.5 Å². The van der Waals surface area contributed by atoms with Crippen molar-refractivity contribution in [2.24, 2.45) is 0 Å². The molecule has 0 bridgehead atoms. The number of benzene rings is 2. The van der Waals surface area contributed by atoms with Gasteiger partial charge in [-0.25, -0.2) is 9.78 Å². The highest BCUT2D eigenvalue weighted by Gasteiger charge is 2.50. The molecule has 0 radical (unpaired) electrons. The van der Waals surface area contributed by atoms with E-state index in [1.54, 1.807) is 47.5 Å². The molecule has 1 fully saturated rings. The number of methoxy groups -OCH3 is 1. The monoisotopic (exact) mass is 444 g/mol. The predicted molar refractivity (Wildman–Crippen MR) is 118 cm³/mol. The van der Waals surface area contributed by atoms with Crippen molar-refractivity contribution < 1.29 is 19.1 Å². The number of hydrogen-bond donors (Lipinski definition) is 3. The largest absolute Gasteiger partial charge is 0.497 e. The highest BCUT2D eigenvalue weighted by Crippen LogP contribution is 2.33. The van der Waals surface area contributed by atoms with E-state index in [4.69, 9.17) is 10.5 Å². The molecule has 0 spiro atoms. The fourth-order valence-electron chi connectivity index (χ4n) is 4.19. The summed E-state index contributed by atoms with van der Waals surface area (Å²) in [5.74, 6) is 0.139. The number of amides is 4. The summed E-state index contributed by atoms with van der Waals surface area (Å²) in [5.41, 5.74) is 7.44. The Labute approximate surface area is 188 Å². The highest BCUT2D eigenvalue weighted by atomic mass is 16.5. The summed E-state index contributed by atoms with van der Waals surface area (Å²) in [4.78, 5) is 48.0. The van der Waals surface area contributed by atoms with Gasteiger partial charge in [-0.15, -0.1) is 0 Å². The molecule has 5 rings (SSSR count). The number of anilines is 1. The van der Waals surface area contributed by atoms with Gasteiger partial charge in [0.25, 0.3) is 11.8 Å². The second-order valence-corrected chi connectivity index (χ2v) is 7.90. The molecule has 2 aliphatic heterocycles. The van der Waals surface area contributed by atoms with Crippen LogP contribution < -0.4 is 21.1 Å². The summed E-state index contributed by atoms with van der Waals surface area (Å²) in [7, 11) is 1.53. The number of carbonyl (C=O) groups excluding carboxylic acids is 3. The third kappa shape index (κ3) is 3.41. The standard InChI is InChI=1S/C23H20N6O4/c1-33-16-7-4-14-11-29(20(30)17(14)8-16)12-23(21(31)27-22(32)28-23)15-5-2-13(3-6-15)18-9-26-19(24)10-25-18/h2-10H,11-12H2,1H3,(H2,24,26)(H2,27,28,31,32)/t23-/m0/s1. The fourth-order valence-corrected chi connectivity index (χ4v) is 4.19. The molecular formula is C23H20N6O4. The Kier molecular flexibility index (Phi) is 4.70. The van der Waals surface area contributed by atoms with E-state index in [1.165, 1.54) is 13.3 Å². The van der Waals surface area contributed by atoms with Crippen LogP contribution in [0, 0.1) is 0 Å². The Morgan fingerprint density at radius 3 is 2.52 bits per heavy atom. The number of nitrogen functional groups attached to an aromatic ring is 1. The molecule has 1 saturated heterocycles. The van der Waals surface area contributed by atoms with Crippen molar-refractivity contribution in [2.75, 3.05) is 19.4 Å². The second kappa shape index (κ2) is 7.59. The maximum Gasteiger partial charge on any atom is 0.322 e. The summed E-state index contributed by atoms with van der Waals surface area (Å²) in [6.45, 7) is 0.295. The molecule has 3 heterocycles. The van der Waals surface area contributed by atoms with Crippen LogP contribution in [0.1, 0.15) is 21.5 Å². The first-order chi connectivity index (χ1) is 15.9. The number of urea groups is 1. The lowest BCUT2D eigenvalue weighted by Crippen LogP contribution is -2.52. The summed E-state index contributed by atoms with van der Waals surface area (Å²) >= 11 is 0. The molecule has 1 aromatic heterocycles. The molecule has 0 saturated carbocycles. The molecule has 3 aromatic rings. The first-order valence-corrected chi connectivity index (χ1v) is 10.2. The van der Waals surface area contributed by atoms with Gasteiger partial charge in [0, 0.05) is 17.7 Å². The molecule has 10 nitrogen and oxygen atoms in total. The number of nitrogens with zero attached hydrogens (tertiary/aromatic N) is 3. The number of nitrogens with one attached hydrogen (secondary N) is 2. The molecule has 0 unspecified atom stereocenters. The van der Waals surface area contributed by atoms with Gasteiger partial charge in [-0.3, -0.25) is 19.9 Å². The molecule has 1 atom stereocenters. The molecule has 4 N–H and O–H groups in total. The number of rotatable bonds is 5. The van der Waals surface area contributed by atoms with E-state index in [-0.39, 0.29) is 12.5 Å². The van der Waals surface area contributed by atoms with Gasteiger partial charge in [0.1, 0.15) is 11.6 Å². The van der Waals surface area contributed by atoms with Gasteiger partial charge < -0.3 is 20.7 Å². The van der Waals surface area contributed by atoms with Crippen molar-refractivity contribution in [3.05, 3.63) is 71.5 Å². The Hall–Kier alpha value is -4.47. The molecule has 10 heteroatoms. The van der Waals surface area contributed by atoms with E-state index < -0.39 is 17.5 Å². The zero-order chi connectivity index (χ0) is 23.2. The molecule has 2 aromatic carbocycles. The minimum Gasteiger partial charge on any atom is -0.497 e. The molecule has 166 valence electrons. The lowest BCUT2D eigenvalue weighted by Gasteiger charge is -2.31. The number of fused-ring (bicyclic) bond motifs is 1. The van der Waals surface area contributed by atoms with Crippen LogP contribution in [0.25, 0.3) is 11.3 Å². The smallest absolute Gasteiger partial charge is 0.322 e. The third-order valence-electron chi connectivity index (χ3n) is 5.91. The lowest BCUT2D eigenvalue weighted by atomic mass is 9.88. The van der Waals surface area contributed by atoms with Crippen LogP contribution >= 0.6 is 0 Å². The van der Waals surface area contributed by atoms with Crippen LogP contribution in [0.4, 0.5) is 10.6 Å². The molecule has 2 aliphatic rings. The zero-order valence-corrected chi connectivity index (χ0v) is 17.7. The van der Waals surface area contributed by atoms with E-state index in [1.807, 2.05) is 6.07 Å². The topological polar surface area (TPSA) is 140 Å². The average molecular weight is 444 g/mol. The van der Waals surface area contributed by atoms with Crippen LogP contribution in [-0.2, 0) is 16.9 Å². The Morgan fingerprint density at radius 1 is 1.09 bits per heavy atom. The number of carbonyl (C=O) groups is 3. The van der Waals surface area contributed by atoms with Crippen LogP contribution in [-0.4, -0.2) is 46.4 Å². The van der Waals surface area contributed by atoms with Gasteiger partial charge in [0.2, 0.25) is 0 Å². The van der Waals surface area contributed by atoms with Gasteiger partial charge in [0.15, 0.2) is 5.54 Å². The van der Waals surface area contributed by atoms with Gasteiger partial charge >= 0.3 is 6.03 Å². The molecule has 0 aliphatic carbocycles. The number of hydrogen-bond acceptors (Lipinski definition) is 7. The predicted octanol–water partition coefficient (Wildman–Crippen LogP) is 1.43. The minimum atomic E-state index is -1.43. The summed E-state index contributed by atoms with van der Waals surface area (Å²) in [6, 6.07) is 11.7. The average Bonchev–Trinajstić information content (AvgIpc) is 3.29.